The first kappa shape index (κ1) is 17.2. The van der Waals surface area contributed by atoms with Crippen LogP contribution in [0, 0.1) is 11.8 Å². The molecule has 4 heteroatoms. The van der Waals surface area contributed by atoms with Crippen molar-refractivity contribution >= 4 is 50.8 Å². The summed E-state index contributed by atoms with van der Waals surface area (Å²) in [5, 5.41) is 0. The predicted molar refractivity (Wildman–Crippen MR) is 108 cm³/mol. The summed E-state index contributed by atoms with van der Waals surface area (Å²) in [5.74, 6) is 8.14. The number of hydrogen-bond acceptors (Lipinski definition) is 2. The molecule has 0 spiro atoms. The van der Waals surface area contributed by atoms with Gasteiger partial charge in [-0.1, -0.05) is 11.8 Å². The molecule has 22 heavy (non-hydrogen) atoms. The summed E-state index contributed by atoms with van der Waals surface area (Å²) in [6.45, 7) is 0. The van der Waals surface area contributed by atoms with Crippen molar-refractivity contribution in [2.45, 2.75) is 0 Å². The zero-order valence-electron chi connectivity index (χ0n) is 12.2. The van der Waals surface area contributed by atoms with Crippen molar-refractivity contribution < 1.29 is 9.47 Å². The van der Waals surface area contributed by atoms with E-state index in [1.54, 1.807) is 14.2 Å². The second-order valence-electron chi connectivity index (χ2n) is 4.34. The number of allylic oxidation sites excluding steroid dienone is 1. The van der Waals surface area contributed by atoms with Gasteiger partial charge in [-0.3, -0.25) is 0 Å². The summed E-state index contributed by atoms with van der Waals surface area (Å²) < 4.78 is 11.5. The molecule has 0 saturated heterocycles. The standard InChI is InChI=1S/C18H14I2O2/c1-21-15-8-3-13(4-9-15)5-12-17(18(19)20)14-6-10-16(22-2)11-7-14/h3-4,6-11H,1-2H3. The topological polar surface area (TPSA) is 18.5 Å². The monoisotopic (exact) mass is 516 g/mol. The maximum absolute atomic E-state index is 5.19. The van der Waals surface area contributed by atoms with E-state index in [-0.39, 0.29) is 0 Å². The lowest BCUT2D eigenvalue weighted by molar-refractivity contribution is 0.414. The van der Waals surface area contributed by atoms with Crippen molar-refractivity contribution in [3.8, 4) is 23.3 Å². The van der Waals surface area contributed by atoms with Crippen molar-refractivity contribution in [1.82, 2.24) is 0 Å². The molecule has 2 aromatic rings. The van der Waals surface area contributed by atoms with E-state index in [2.05, 4.69) is 57.0 Å². The van der Waals surface area contributed by atoms with Crippen LogP contribution in [-0.2, 0) is 0 Å². The number of benzene rings is 2. The number of methoxy groups -OCH3 is 2. The first-order valence-corrected chi connectivity index (χ1v) is 8.65. The van der Waals surface area contributed by atoms with E-state index < -0.39 is 0 Å². The summed E-state index contributed by atoms with van der Waals surface area (Å²) in [4.78, 5) is 0. The number of halogens is 2. The SMILES string of the molecule is COc1ccc(C#CC(=C(I)I)c2ccc(OC)cc2)cc1. The molecule has 0 unspecified atom stereocenters. The molecular weight excluding hydrogens is 502 g/mol. The molecule has 0 N–H and O–H groups in total. The van der Waals surface area contributed by atoms with Crippen LogP contribution in [0.2, 0.25) is 0 Å². The Balaban J connectivity index is 2.30. The van der Waals surface area contributed by atoms with Crippen molar-refractivity contribution in [3.05, 3.63) is 61.2 Å². The third kappa shape index (κ3) is 4.65. The summed E-state index contributed by atoms with van der Waals surface area (Å²) >= 11 is 4.59. The van der Waals surface area contributed by atoms with E-state index in [0.717, 1.165) is 29.8 Å². The maximum atomic E-state index is 5.19. The minimum absolute atomic E-state index is 0.833. The Morgan fingerprint density at radius 3 is 1.77 bits per heavy atom. The Kier molecular flexibility index (Phi) is 6.58. The lowest BCUT2D eigenvalue weighted by Gasteiger charge is -2.04. The Labute approximate surface area is 158 Å². The van der Waals surface area contributed by atoms with Gasteiger partial charge in [0.15, 0.2) is 0 Å². The Hall–Kier alpha value is -1.20. The van der Waals surface area contributed by atoms with Gasteiger partial charge in [-0.15, -0.1) is 0 Å². The van der Waals surface area contributed by atoms with Crippen LogP contribution in [0.4, 0.5) is 0 Å². The smallest absolute Gasteiger partial charge is 0.118 e. The van der Waals surface area contributed by atoms with Crippen LogP contribution in [-0.4, -0.2) is 14.2 Å². The Morgan fingerprint density at radius 2 is 1.32 bits per heavy atom. The highest BCUT2D eigenvalue weighted by Crippen LogP contribution is 2.29. The van der Waals surface area contributed by atoms with Crippen LogP contribution in [0.3, 0.4) is 0 Å². The highest BCUT2D eigenvalue weighted by molar-refractivity contribution is 14.2. The van der Waals surface area contributed by atoms with Gasteiger partial charge >= 0.3 is 0 Å². The van der Waals surface area contributed by atoms with Gasteiger partial charge < -0.3 is 9.47 Å². The molecule has 0 aliphatic heterocycles. The fourth-order valence-corrected chi connectivity index (χ4v) is 2.69. The summed E-state index contributed by atoms with van der Waals surface area (Å²) in [7, 11) is 3.32. The van der Waals surface area contributed by atoms with Crippen LogP contribution in [0.1, 0.15) is 11.1 Å². The van der Waals surface area contributed by atoms with Gasteiger partial charge in [0.25, 0.3) is 0 Å². The molecule has 0 heterocycles. The quantitative estimate of drug-likeness (QED) is 0.408. The normalized spacial score (nSPS) is 9.45. The third-order valence-corrected chi connectivity index (χ3v) is 4.07. The first-order valence-electron chi connectivity index (χ1n) is 6.50. The van der Waals surface area contributed by atoms with Crippen LogP contribution in [0.25, 0.3) is 5.57 Å². The zero-order valence-corrected chi connectivity index (χ0v) is 16.5. The summed E-state index contributed by atoms with van der Waals surface area (Å²) in [5.41, 5.74) is 3.06. The largest absolute Gasteiger partial charge is 0.497 e. The molecule has 0 aliphatic carbocycles. The Morgan fingerprint density at radius 1 is 0.818 bits per heavy atom. The minimum atomic E-state index is 0.833. The molecular formula is C18H14I2O2. The van der Waals surface area contributed by atoms with Gasteiger partial charge in [0.05, 0.1) is 21.4 Å². The van der Waals surface area contributed by atoms with Crippen molar-refractivity contribution in [1.29, 1.82) is 0 Å². The fraction of sp³-hybridized carbons (Fsp3) is 0.111. The molecule has 2 aromatic carbocycles. The molecule has 0 bridgehead atoms. The molecule has 2 nitrogen and oxygen atoms in total. The van der Waals surface area contributed by atoms with Gasteiger partial charge in [0.2, 0.25) is 0 Å². The molecule has 0 fully saturated rings. The average Bonchev–Trinajstić information content (AvgIpc) is 2.56. The second-order valence-corrected chi connectivity index (χ2v) is 8.56. The van der Waals surface area contributed by atoms with E-state index in [1.807, 2.05) is 48.5 Å². The highest BCUT2D eigenvalue weighted by Gasteiger charge is 2.03. The highest BCUT2D eigenvalue weighted by atomic mass is 127. The predicted octanol–water partition coefficient (Wildman–Crippen LogP) is 5.29. The van der Waals surface area contributed by atoms with Crippen molar-refractivity contribution in [2.24, 2.45) is 0 Å². The molecule has 0 saturated carbocycles. The van der Waals surface area contributed by atoms with Gasteiger partial charge in [-0.2, -0.15) is 0 Å². The molecule has 0 aromatic heterocycles. The van der Waals surface area contributed by atoms with E-state index in [4.69, 9.17) is 9.47 Å². The van der Waals surface area contributed by atoms with Gasteiger partial charge in [-0.05, 0) is 99.3 Å². The number of hydrogen-bond donors (Lipinski definition) is 0. The van der Waals surface area contributed by atoms with E-state index in [9.17, 15) is 0 Å². The van der Waals surface area contributed by atoms with Crippen LogP contribution in [0.15, 0.2) is 50.1 Å². The average molecular weight is 516 g/mol. The summed E-state index contributed by atoms with van der Waals surface area (Å²) in [6, 6.07) is 15.7. The fourth-order valence-electron chi connectivity index (χ4n) is 1.80. The van der Waals surface area contributed by atoms with Gasteiger partial charge in [0, 0.05) is 5.56 Å². The molecule has 0 aliphatic rings. The Bertz CT molecular complexity index is 716. The lowest BCUT2D eigenvalue weighted by atomic mass is 10.1. The van der Waals surface area contributed by atoms with Crippen LogP contribution < -0.4 is 9.47 Å². The first-order chi connectivity index (χ1) is 10.6. The number of ether oxygens (including phenoxy) is 2. The molecule has 2 rings (SSSR count). The number of rotatable bonds is 3. The van der Waals surface area contributed by atoms with Crippen molar-refractivity contribution in [3.63, 3.8) is 0 Å². The molecule has 0 amide bonds. The van der Waals surface area contributed by atoms with Gasteiger partial charge in [0.1, 0.15) is 11.5 Å². The molecule has 0 radical (unpaired) electrons. The maximum Gasteiger partial charge on any atom is 0.118 e. The van der Waals surface area contributed by atoms with E-state index >= 15 is 0 Å². The van der Waals surface area contributed by atoms with Crippen LogP contribution >= 0.6 is 45.2 Å². The van der Waals surface area contributed by atoms with E-state index in [1.165, 1.54) is 0 Å². The molecule has 112 valence electrons. The van der Waals surface area contributed by atoms with Gasteiger partial charge in [-0.25, -0.2) is 0 Å². The minimum Gasteiger partial charge on any atom is -0.497 e. The molecule has 0 atom stereocenters. The second kappa shape index (κ2) is 8.44. The van der Waals surface area contributed by atoms with Crippen molar-refractivity contribution in [2.75, 3.05) is 14.2 Å². The van der Waals surface area contributed by atoms with E-state index in [0.29, 0.717) is 0 Å². The summed E-state index contributed by atoms with van der Waals surface area (Å²) in [6.07, 6.45) is 0. The lowest BCUT2D eigenvalue weighted by Crippen LogP contribution is -1.86. The third-order valence-electron chi connectivity index (χ3n) is 2.99. The zero-order chi connectivity index (χ0) is 15.9. The van der Waals surface area contributed by atoms with Crippen LogP contribution in [0.5, 0.6) is 11.5 Å².